The lowest BCUT2D eigenvalue weighted by atomic mass is 10.1. The van der Waals surface area contributed by atoms with Crippen LogP contribution in [0, 0.1) is 0 Å². The number of fused-ring (bicyclic) bond motifs is 1. The summed E-state index contributed by atoms with van der Waals surface area (Å²) in [6.07, 6.45) is -0.242. The minimum Gasteiger partial charge on any atom is -0.368 e. The molecule has 6 nitrogen and oxygen atoms in total. The van der Waals surface area contributed by atoms with Gasteiger partial charge >= 0.3 is 0 Å². The van der Waals surface area contributed by atoms with Crippen LogP contribution in [0.3, 0.4) is 0 Å². The Labute approximate surface area is 139 Å². The van der Waals surface area contributed by atoms with E-state index in [2.05, 4.69) is 0 Å². The van der Waals surface area contributed by atoms with Gasteiger partial charge < -0.3 is 10.6 Å². The third-order valence-corrected chi connectivity index (χ3v) is 6.13. The summed E-state index contributed by atoms with van der Waals surface area (Å²) in [4.78, 5) is 25.1. The molecule has 0 spiro atoms. The topological polar surface area (TPSA) is 97.5 Å². The third kappa shape index (κ3) is 2.78. The molecule has 2 N–H and O–H groups in total. The highest BCUT2D eigenvalue weighted by Gasteiger charge is 2.39. The molecule has 0 aromatic heterocycles. The Kier molecular flexibility index (Phi) is 4.11. The molecule has 24 heavy (non-hydrogen) atoms. The minimum absolute atomic E-state index is 0.0333. The summed E-state index contributed by atoms with van der Waals surface area (Å²) in [5.74, 6) is -1.15. The fourth-order valence-electron chi connectivity index (χ4n) is 2.88. The summed E-state index contributed by atoms with van der Waals surface area (Å²) in [5.41, 5.74) is 5.96. The first-order valence-corrected chi connectivity index (χ1v) is 8.92. The van der Waals surface area contributed by atoms with Crippen LogP contribution >= 0.6 is 0 Å². The van der Waals surface area contributed by atoms with Crippen molar-refractivity contribution in [3.63, 3.8) is 0 Å². The molecule has 2 aromatic carbocycles. The van der Waals surface area contributed by atoms with Crippen LogP contribution < -0.4 is 10.6 Å². The van der Waals surface area contributed by atoms with E-state index in [0.717, 1.165) is 4.90 Å². The summed E-state index contributed by atoms with van der Waals surface area (Å²) < 4.78 is 26.2. The van der Waals surface area contributed by atoms with Gasteiger partial charge in [-0.2, -0.15) is 0 Å². The maximum atomic E-state index is 13.1. The van der Waals surface area contributed by atoms with Gasteiger partial charge in [0.15, 0.2) is 9.84 Å². The largest absolute Gasteiger partial charge is 0.368 e. The number of nitrogens with two attached hydrogens (primary N) is 1. The first kappa shape index (κ1) is 16.2. The molecule has 3 rings (SSSR count). The van der Waals surface area contributed by atoms with Crippen molar-refractivity contribution in [3.8, 4) is 0 Å². The van der Waals surface area contributed by atoms with Gasteiger partial charge in [-0.3, -0.25) is 9.59 Å². The average molecular weight is 344 g/mol. The Hall–Kier alpha value is -2.67. The molecule has 1 aliphatic rings. The first-order chi connectivity index (χ1) is 11.4. The molecule has 0 saturated heterocycles. The Morgan fingerprint density at radius 1 is 1.08 bits per heavy atom. The first-order valence-electron chi connectivity index (χ1n) is 7.38. The zero-order valence-electron chi connectivity index (χ0n) is 12.8. The molecule has 0 aliphatic carbocycles. The summed E-state index contributed by atoms with van der Waals surface area (Å²) in [6, 6.07) is 14.8. The lowest BCUT2D eigenvalue weighted by Crippen LogP contribution is -2.38. The molecule has 2 aromatic rings. The van der Waals surface area contributed by atoms with Crippen molar-refractivity contribution in [2.24, 2.45) is 5.73 Å². The van der Waals surface area contributed by atoms with E-state index in [-0.39, 0.29) is 23.5 Å². The second-order valence-corrected chi connectivity index (χ2v) is 7.66. The highest BCUT2D eigenvalue weighted by atomic mass is 32.2. The smallest absolute Gasteiger partial charge is 0.237 e. The zero-order valence-corrected chi connectivity index (χ0v) is 13.6. The van der Waals surface area contributed by atoms with Crippen molar-refractivity contribution in [3.05, 3.63) is 60.2 Å². The summed E-state index contributed by atoms with van der Waals surface area (Å²) in [6.45, 7) is -0.354. The number of hydrogen-bond donors (Lipinski definition) is 1. The molecule has 0 bridgehead atoms. The Balaban J connectivity index is 2.20. The molecule has 0 saturated carbocycles. The van der Waals surface area contributed by atoms with Crippen LogP contribution in [-0.2, 0) is 19.4 Å². The summed E-state index contributed by atoms with van der Waals surface area (Å²) in [7, 11) is -3.79. The monoisotopic (exact) mass is 344 g/mol. The standard InChI is InChI=1S/C17H16N2O4S/c18-16(20)11-19-13-8-4-5-9-14(13)24(22,23)15(10-17(19)21)12-6-2-1-3-7-12/h1-9,15H,10-11H2,(H2,18,20). The molecule has 124 valence electrons. The number of primary amides is 1. The second-order valence-electron chi connectivity index (χ2n) is 5.56. The van der Waals surface area contributed by atoms with E-state index < -0.39 is 26.9 Å². The fraction of sp³-hybridized carbons (Fsp3) is 0.176. The number of amides is 2. The van der Waals surface area contributed by atoms with Crippen LogP contribution in [0.15, 0.2) is 59.5 Å². The minimum atomic E-state index is -3.79. The molecular weight excluding hydrogens is 328 g/mol. The van der Waals surface area contributed by atoms with E-state index >= 15 is 0 Å². The van der Waals surface area contributed by atoms with E-state index in [9.17, 15) is 18.0 Å². The molecule has 1 atom stereocenters. The van der Waals surface area contributed by atoms with Crippen molar-refractivity contribution in [2.45, 2.75) is 16.6 Å². The molecular formula is C17H16N2O4S. The highest BCUT2D eigenvalue weighted by Crippen LogP contribution is 2.40. The number of carbonyl (C=O) groups is 2. The van der Waals surface area contributed by atoms with Gasteiger partial charge in [-0.25, -0.2) is 8.42 Å². The number of para-hydroxylation sites is 1. The third-order valence-electron chi connectivity index (χ3n) is 3.98. The molecule has 7 heteroatoms. The van der Waals surface area contributed by atoms with Crippen LogP contribution in [0.5, 0.6) is 0 Å². The number of rotatable bonds is 3. The quantitative estimate of drug-likeness (QED) is 0.910. The van der Waals surface area contributed by atoms with Crippen LogP contribution in [-0.4, -0.2) is 26.8 Å². The maximum Gasteiger partial charge on any atom is 0.237 e. The number of benzene rings is 2. The SMILES string of the molecule is NC(=O)CN1C(=O)CC(c2ccccc2)S(=O)(=O)c2ccccc21. The van der Waals surface area contributed by atoms with Crippen LogP contribution in [0.1, 0.15) is 17.2 Å². The van der Waals surface area contributed by atoms with Crippen molar-refractivity contribution in [1.29, 1.82) is 0 Å². The molecule has 0 fully saturated rings. The molecule has 1 heterocycles. The zero-order chi connectivity index (χ0) is 17.3. The van der Waals surface area contributed by atoms with Crippen molar-refractivity contribution < 1.29 is 18.0 Å². The van der Waals surface area contributed by atoms with Crippen molar-refractivity contribution in [2.75, 3.05) is 11.4 Å². The lowest BCUT2D eigenvalue weighted by molar-refractivity contribution is -0.122. The number of anilines is 1. The normalized spacial score (nSPS) is 19.4. The summed E-state index contributed by atoms with van der Waals surface area (Å²) >= 11 is 0. The number of nitrogens with zero attached hydrogens (tertiary/aromatic N) is 1. The van der Waals surface area contributed by atoms with Crippen molar-refractivity contribution in [1.82, 2.24) is 0 Å². The number of hydrogen-bond acceptors (Lipinski definition) is 4. The van der Waals surface area contributed by atoms with Crippen molar-refractivity contribution >= 4 is 27.3 Å². The van der Waals surface area contributed by atoms with Gasteiger partial charge in [-0.05, 0) is 17.7 Å². The van der Waals surface area contributed by atoms with Crippen LogP contribution in [0.25, 0.3) is 0 Å². The predicted octanol–water partition coefficient (Wildman–Crippen LogP) is 1.42. The van der Waals surface area contributed by atoms with Gasteiger partial charge in [0.25, 0.3) is 0 Å². The Morgan fingerprint density at radius 2 is 1.71 bits per heavy atom. The van der Waals surface area contributed by atoms with E-state index in [1.54, 1.807) is 42.5 Å². The fourth-order valence-corrected chi connectivity index (χ4v) is 4.80. The van der Waals surface area contributed by atoms with Gasteiger partial charge in [-0.1, -0.05) is 42.5 Å². The number of carbonyl (C=O) groups excluding carboxylic acids is 2. The van der Waals surface area contributed by atoms with Gasteiger partial charge in [0, 0.05) is 6.42 Å². The summed E-state index contributed by atoms with van der Waals surface area (Å²) in [5, 5.41) is -0.995. The predicted molar refractivity (Wildman–Crippen MR) is 89.0 cm³/mol. The Morgan fingerprint density at radius 3 is 2.38 bits per heavy atom. The molecule has 1 aliphatic heterocycles. The van der Waals surface area contributed by atoms with Crippen LogP contribution in [0.4, 0.5) is 5.69 Å². The van der Waals surface area contributed by atoms with E-state index in [1.807, 2.05) is 0 Å². The van der Waals surface area contributed by atoms with E-state index in [4.69, 9.17) is 5.73 Å². The average Bonchev–Trinajstić information content (AvgIpc) is 2.64. The molecule has 1 unspecified atom stereocenters. The van der Waals surface area contributed by atoms with Gasteiger partial charge in [-0.15, -0.1) is 0 Å². The van der Waals surface area contributed by atoms with Crippen LogP contribution in [0.2, 0.25) is 0 Å². The lowest BCUT2D eigenvalue weighted by Gasteiger charge is -2.20. The van der Waals surface area contributed by atoms with E-state index in [1.165, 1.54) is 12.1 Å². The van der Waals surface area contributed by atoms with E-state index in [0.29, 0.717) is 5.56 Å². The highest BCUT2D eigenvalue weighted by molar-refractivity contribution is 7.92. The Bertz CT molecular complexity index is 894. The second kappa shape index (κ2) is 6.09. The molecule has 2 amide bonds. The van der Waals surface area contributed by atoms with Gasteiger partial charge in [0.2, 0.25) is 11.8 Å². The van der Waals surface area contributed by atoms with Gasteiger partial charge in [0.05, 0.1) is 15.8 Å². The molecule has 0 radical (unpaired) electrons. The number of sulfone groups is 1. The maximum absolute atomic E-state index is 13.1. The van der Waals surface area contributed by atoms with Gasteiger partial charge in [0.1, 0.15) is 6.54 Å².